The molecule has 0 fully saturated rings. The van der Waals surface area contributed by atoms with Gasteiger partial charge in [0.1, 0.15) is 5.75 Å². The van der Waals surface area contributed by atoms with Crippen LogP contribution in [0.3, 0.4) is 0 Å². The molecule has 3 rings (SSSR count). The summed E-state index contributed by atoms with van der Waals surface area (Å²) in [5, 5.41) is 0. The summed E-state index contributed by atoms with van der Waals surface area (Å²) in [6.45, 7) is 2.61. The molecule has 0 aliphatic rings. The molecule has 0 bridgehead atoms. The van der Waals surface area contributed by atoms with Gasteiger partial charge in [0, 0.05) is 18.3 Å². The average Bonchev–Trinajstić information content (AvgIpc) is 3.22. The predicted molar refractivity (Wildman–Crippen MR) is 112 cm³/mol. The first kappa shape index (κ1) is 20.1. The third kappa shape index (κ3) is 4.82. The Balaban J connectivity index is 1.75. The van der Waals surface area contributed by atoms with E-state index < -0.39 is 0 Å². The highest BCUT2D eigenvalue weighted by Gasteiger charge is 2.13. The summed E-state index contributed by atoms with van der Waals surface area (Å²) in [4.78, 5) is 24.9. The van der Waals surface area contributed by atoms with Crippen molar-refractivity contribution in [2.75, 3.05) is 13.7 Å². The molecule has 1 heterocycles. The van der Waals surface area contributed by atoms with Crippen LogP contribution in [0.2, 0.25) is 0 Å². The number of ketones is 1. The fourth-order valence-electron chi connectivity index (χ4n) is 3.00. The van der Waals surface area contributed by atoms with Crippen LogP contribution in [-0.4, -0.2) is 30.0 Å². The van der Waals surface area contributed by atoms with Gasteiger partial charge in [-0.2, -0.15) is 0 Å². The molecule has 2 aromatic carbocycles. The highest BCUT2D eigenvalue weighted by molar-refractivity contribution is 6.08. The van der Waals surface area contributed by atoms with Gasteiger partial charge in [-0.05, 0) is 55.0 Å². The molecular weight excluding hydrogens is 366 g/mol. The number of carbonyl (C=O) groups excluding carboxylic acids is 2. The van der Waals surface area contributed by atoms with E-state index in [1.165, 1.54) is 0 Å². The molecule has 1 aromatic heterocycles. The van der Waals surface area contributed by atoms with Crippen molar-refractivity contribution in [1.82, 2.24) is 4.57 Å². The number of rotatable bonds is 8. The standard InChI is InChI=1S/C24H23NO4/c1-3-29-24(27)21-10-5-4-8-18(21)9-6-16-25-17-7-11-22(25)23(26)19-12-14-20(28-2)15-13-19/h4-15,17H,3,16H2,1-2H3. The van der Waals surface area contributed by atoms with E-state index in [0.29, 0.717) is 35.7 Å². The van der Waals surface area contributed by atoms with E-state index in [2.05, 4.69) is 0 Å². The van der Waals surface area contributed by atoms with Crippen LogP contribution in [0.15, 0.2) is 72.9 Å². The van der Waals surface area contributed by atoms with E-state index in [1.54, 1.807) is 56.5 Å². The number of hydrogen-bond donors (Lipinski definition) is 0. The maximum Gasteiger partial charge on any atom is 0.338 e. The van der Waals surface area contributed by atoms with Gasteiger partial charge in [-0.3, -0.25) is 4.79 Å². The average molecular weight is 389 g/mol. The van der Waals surface area contributed by atoms with Gasteiger partial charge in [-0.1, -0.05) is 30.4 Å². The molecule has 0 radical (unpaired) electrons. The third-order valence-electron chi connectivity index (χ3n) is 4.47. The monoisotopic (exact) mass is 389 g/mol. The Bertz CT molecular complexity index is 1020. The number of benzene rings is 2. The van der Waals surface area contributed by atoms with Gasteiger partial charge in [0.2, 0.25) is 5.78 Å². The lowest BCUT2D eigenvalue weighted by atomic mass is 10.1. The Morgan fingerprint density at radius 3 is 2.48 bits per heavy atom. The first-order chi connectivity index (χ1) is 14.1. The lowest BCUT2D eigenvalue weighted by Crippen LogP contribution is -2.09. The van der Waals surface area contributed by atoms with Crippen molar-refractivity contribution in [3.8, 4) is 5.75 Å². The van der Waals surface area contributed by atoms with Crippen LogP contribution in [0.25, 0.3) is 6.08 Å². The molecule has 0 aliphatic heterocycles. The maximum atomic E-state index is 12.8. The first-order valence-electron chi connectivity index (χ1n) is 9.40. The molecule has 0 unspecified atom stereocenters. The molecule has 0 saturated carbocycles. The molecule has 29 heavy (non-hydrogen) atoms. The van der Waals surface area contributed by atoms with Crippen molar-refractivity contribution in [2.45, 2.75) is 13.5 Å². The third-order valence-corrected chi connectivity index (χ3v) is 4.47. The summed E-state index contributed by atoms with van der Waals surface area (Å²) in [5.41, 5.74) is 2.50. The molecule has 0 atom stereocenters. The smallest absolute Gasteiger partial charge is 0.338 e. The second kappa shape index (κ2) is 9.55. The Labute approximate surface area is 170 Å². The molecule has 0 spiro atoms. The van der Waals surface area contributed by atoms with Gasteiger partial charge in [-0.15, -0.1) is 0 Å². The van der Waals surface area contributed by atoms with E-state index in [1.807, 2.05) is 41.1 Å². The second-order valence-electron chi connectivity index (χ2n) is 6.31. The number of aromatic nitrogens is 1. The van der Waals surface area contributed by atoms with Crippen LogP contribution in [0, 0.1) is 0 Å². The topological polar surface area (TPSA) is 57.5 Å². The highest BCUT2D eigenvalue weighted by Crippen LogP contribution is 2.17. The van der Waals surface area contributed by atoms with Crippen molar-refractivity contribution in [3.63, 3.8) is 0 Å². The number of allylic oxidation sites excluding steroid dienone is 1. The quantitative estimate of drug-likeness (QED) is 0.417. The number of esters is 1. The zero-order valence-electron chi connectivity index (χ0n) is 16.5. The molecule has 148 valence electrons. The van der Waals surface area contributed by atoms with Crippen molar-refractivity contribution < 1.29 is 19.1 Å². The maximum absolute atomic E-state index is 12.8. The van der Waals surface area contributed by atoms with Crippen molar-refractivity contribution in [1.29, 1.82) is 0 Å². The van der Waals surface area contributed by atoms with Gasteiger partial charge in [0.05, 0.1) is 25.0 Å². The molecule has 3 aromatic rings. The van der Waals surface area contributed by atoms with Gasteiger partial charge >= 0.3 is 5.97 Å². The number of nitrogens with zero attached hydrogens (tertiary/aromatic N) is 1. The molecule has 0 saturated heterocycles. The molecular formula is C24H23NO4. The van der Waals surface area contributed by atoms with Crippen LogP contribution in [0.4, 0.5) is 0 Å². The van der Waals surface area contributed by atoms with Gasteiger partial charge < -0.3 is 14.0 Å². The molecule has 5 nitrogen and oxygen atoms in total. The minimum atomic E-state index is -0.343. The lowest BCUT2D eigenvalue weighted by molar-refractivity contribution is 0.0526. The van der Waals surface area contributed by atoms with Crippen molar-refractivity contribution >= 4 is 17.8 Å². The fraction of sp³-hybridized carbons (Fsp3) is 0.167. The van der Waals surface area contributed by atoms with E-state index in [4.69, 9.17) is 9.47 Å². The number of ether oxygens (including phenoxy) is 2. The Hall–Kier alpha value is -3.60. The van der Waals surface area contributed by atoms with Crippen molar-refractivity contribution in [3.05, 3.63) is 95.3 Å². The van der Waals surface area contributed by atoms with Crippen molar-refractivity contribution in [2.24, 2.45) is 0 Å². The predicted octanol–water partition coefficient (Wildman–Crippen LogP) is 4.62. The molecule has 0 aliphatic carbocycles. The molecule has 0 N–H and O–H groups in total. The first-order valence-corrected chi connectivity index (χ1v) is 9.40. The SMILES string of the molecule is CCOC(=O)c1ccccc1C=CCn1cccc1C(=O)c1ccc(OC)cc1. The summed E-state index contributed by atoms with van der Waals surface area (Å²) >= 11 is 0. The normalized spacial score (nSPS) is 10.8. The summed E-state index contributed by atoms with van der Waals surface area (Å²) in [6.07, 6.45) is 5.65. The van der Waals surface area contributed by atoms with E-state index in [9.17, 15) is 9.59 Å². The Kier molecular flexibility index (Phi) is 6.63. The van der Waals surface area contributed by atoms with E-state index in [-0.39, 0.29) is 11.8 Å². The van der Waals surface area contributed by atoms with E-state index >= 15 is 0 Å². The summed E-state index contributed by atoms with van der Waals surface area (Å²) < 4.78 is 12.1. The fourth-order valence-corrected chi connectivity index (χ4v) is 3.00. The zero-order valence-corrected chi connectivity index (χ0v) is 16.5. The molecule has 0 amide bonds. The second-order valence-corrected chi connectivity index (χ2v) is 6.31. The van der Waals surface area contributed by atoms with Crippen LogP contribution in [0.1, 0.15) is 38.9 Å². The number of hydrogen-bond acceptors (Lipinski definition) is 4. The van der Waals surface area contributed by atoms with E-state index in [0.717, 1.165) is 5.56 Å². The number of methoxy groups -OCH3 is 1. The van der Waals surface area contributed by atoms with Crippen LogP contribution in [-0.2, 0) is 11.3 Å². The summed E-state index contributed by atoms with van der Waals surface area (Å²) in [7, 11) is 1.59. The summed E-state index contributed by atoms with van der Waals surface area (Å²) in [6, 6.07) is 18.0. The molecule has 5 heteroatoms. The zero-order chi connectivity index (χ0) is 20.6. The van der Waals surface area contributed by atoms with Crippen LogP contribution < -0.4 is 4.74 Å². The van der Waals surface area contributed by atoms with Gasteiger partial charge in [0.25, 0.3) is 0 Å². The minimum Gasteiger partial charge on any atom is -0.497 e. The highest BCUT2D eigenvalue weighted by atomic mass is 16.5. The van der Waals surface area contributed by atoms with Gasteiger partial charge in [-0.25, -0.2) is 4.79 Å². The minimum absolute atomic E-state index is 0.0574. The largest absolute Gasteiger partial charge is 0.497 e. The Morgan fingerprint density at radius 1 is 1.00 bits per heavy atom. The van der Waals surface area contributed by atoms with Crippen LogP contribution >= 0.6 is 0 Å². The van der Waals surface area contributed by atoms with Crippen LogP contribution in [0.5, 0.6) is 5.75 Å². The Morgan fingerprint density at radius 2 is 1.76 bits per heavy atom. The summed E-state index contributed by atoms with van der Waals surface area (Å²) in [5.74, 6) is 0.308. The number of carbonyl (C=O) groups is 2. The lowest BCUT2D eigenvalue weighted by Gasteiger charge is -2.08. The van der Waals surface area contributed by atoms with Gasteiger partial charge in [0.15, 0.2) is 0 Å².